The quantitative estimate of drug-likeness (QED) is 0.800. The van der Waals surface area contributed by atoms with Crippen molar-refractivity contribution in [3.8, 4) is 0 Å². The van der Waals surface area contributed by atoms with E-state index in [0.29, 0.717) is 16.5 Å². The van der Waals surface area contributed by atoms with E-state index in [1.807, 2.05) is 0 Å². The summed E-state index contributed by atoms with van der Waals surface area (Å²) >= 11 is 3.10. The van der Waals surface area contributed by atoms with Crippen LogP contribution in [0.25, 0.3) is 0 Å². The minimum atomic E-state index is -0.972. The van der Waals surface area contributed by atoms with E-state index in [-0.39, 0.29) is 29.8 Å². The van der Waals surface area contributed by atoms with Crippen LogP contribution in [-0.2, 0) is 16.0 Å². The fourth-order valence-electron chi connectivity index (χ4n) is 2.02. The molecule has 1 saturated carbocycles. The van der Waals surface area contributed by atoms with E-state index in [0.717, 1.165) is 12.1 Å². The van der Waals surface area contributed by atoms with E-state index < -0.39 is 11.6 Å². The summed E-state index contributed by atoms with van der Waals surface area (Å²) in [6.07, 6.45) is 0.599. The summed E-state index contributed by atoms with van der Waals surface area (Å²) in [5.41, 5.74) is 0.410. The number of halogens is 3. The molecule has 2 rings (SSSR count). The predicted octanol–water partition coefficient (Wildman–Crippen LogP) is 3.06. The second kappa shape index (κ2) is 4.88. The van der Waals surface area contributed by atoms with E-state index in [9.17, 15) is 18.4 Å². The number of hydrogen-bond acceptors (Lipinski definition) is 2. The Morgan fingerprint density at radius 3 is 2.44 bits per heavy atom. The van der Waals surface area contributed by atoms with Crippen LogP contribution in [0.2, 0.25) is 0 Å². The van der Waals surface area contributed by atoms with Gasteiger partial charge in [-0.25, -0.2) is 8.78 Å². The van der Waals surface area contributed by atoms with E-state index in [2.05, 4.69) is 15.9 Å². The van der Waals surface area contributed by atoms with E-state index in [1.165, 1.54) is 6.92 Å². The Balaban J connectivity index is 2.09. The Labute approximate surface area is 112 Å². The molecule has 0 N–H and O–H groups in total. The molecular formula is C13H11BrF2O2. The van der Waals surface area contributed by atoms with Crippen molar-refractivity contribution in [1.82, 2.24) is 0 Å². The molecule has 0 amide bonds. The molecular weight excluding hydrogens is 306 g/mol. The summed E-state index contributed by atoms with van der Waals surface area (Å²) in [7, 11) is 0. The van der Waals surface area contributed by atoms with Gasteiger partial charge in [0, 0.05) is 22.7 Å². The molecule has 96 valence electrons. The van der Waals surface area contributed by atoms with Crippen LogP contribution in [0.4, 0.5) is 8.78 Å². The van der Waals surface area contributed by atoms with Gasteiger partial charge in [-0.15, -0.1) is 0 Å². The molecule has 1 aromatic carbocycles. The summed E-state index contributed by atoms with van der Waals surface area (Å²) in [5, 5.41) is 0. The highest BCUT2D eigenvalue weighted by molar-refractivity contribution is 9.10. The highest BCUT2D eigenvalue weighted by atomic mass is 79.9. The first-order chi connectivity index (χ1) is 8.40. The first kappa shape index (κ1) is 13.3. The zero-order valence-corrected chi connectivity index (χ0v) is 11.3. The van der Waals surface area contributed by atoms with Gasteiger partial charge in [-0.3, -0.25) is 9.59 Å². The second-order valence-corrected chi connectivity index (χ2v) is 5.41. The standard InChI is InChI=1S/C13H11BrF2O2/c1-6(17)8-4-9(8)13(18)3-7-2-11(15)12(16)5-10(7)14/h2,5,8-9H,3-4H2,1H3/t8-,9+/m1/s1. The van der Waals surface area contributed by atoms with Crippen molar-refractivity contribution in [2.75, 3.05) is 0 Å². The van der Waals surface area contributed by atoms with Crippen molar-refractivity contribution in [2.45, 2.75) is 19.8 Å². The lowest BCUT2D eigenvalue weighted by Gasteiger charge is -2.04. The average molecular weight is 317 g/mol. The molecule has 1 fully saturated rings. The van der Waals surface area contributed by atoms with Crippen molar-refractivity contribution in [1.29, 1.82) is 0 Å². The first-order valence-corrected chi connectivity index (χ1v) is 6.36. The third kappa shape index (κ3) is 2.66. The molecule has 0 saturated heterocycles. The van der Waals surface area contributed by atoms with E-state index in [4.69, 9.17) is 0 Å². The average Bonchev–Trinajstić information content (AvgIpc) is 3.05. The van der Waals surface area contributed by atoms with E-state index >= 15 is 0 Å². The Hall–Kier alpha value is -1.10. The van der Waals surface area contributed by atoms with Gasteiger partial charge in [-0.1, -0.05) is 15.9 Å². The number of rotatable bonds is 4. The molecule has 0 radical (unpaired) electrons. The maximum atomic E-state index is 13.1. The summed E-state index contributed by atoms with van der Waals surface area (Å²) in [4.78, 5) is 22.9. The van der Waals surface area contributed by atoms with Gasteiger partial charge in [-0.2, -0.15) is 0 Å². The highest BCUT2D eigenvalue weighted by Crippen LogP contribution is 2.40. The van der Waals surface area contributed by atoms with Crippen molar-refractivity contribution < 1.29 is 18.4 Å². The van der Waals surface area contributed by atoms with Gasteiger partial charge >= 0.3 is 0 Å². The van der Waals surface area contributed by atoms with Crippen LogP contribution in [0.15, 0.2) is 16.6 Å². The highest BCUT2D eigenvalue weighted by Gasteiger charge is 2.45. The smallest absolute Gasteiger partial charge is 0.159 e. The Bertz CT molecular complexity index is 528. The topological polar surface area (TPSA) is 34.1 Å². The summed E-state index contributed by atoms with van der Waals surface area (Å²) < 4.78 is 26.3. The molecule has 0 aliphatic heterocycles. The van der Waals surface area contributed by atoms with Gasteiger partial charge in [0.05, 0.1) is 0 Å². The SMILES string of the molecule is CC(=O)[C@H]1C[C@@H]1C(=O)Cc1cc(F)c(F)cc1Br. The Morgan fingerprint density at radius 1 is 1.28 bits per heavy atom. The fraction of sp³-hybridized carbons (Fsp3) is 0.385. The maximum Gasteiger partial charge on any atom is 0.159 e. The minimum absolute atomic E-state index is 0.0118. The molecule has 1 aliphatic carbocycles. The van der Waals surface area contributed by atoms with Crippen LogP contribution in [-0.4, -0.2) is 11.6 Å². The number of carbonyl (C=O) groups is 2. The van der Waals surface area contributed by atoms with Crippen molar-refractivity contribution in [3.63, 3.8) is 0 Å². The van der Waals surface area contributed by atoms with Crippen molar-refractivity contribution in [2.24, 2.45) is 11.8 Å². The van der Waals surface area contributed by atoms with Crippen LogP contribution in [0.5, 0.6) is 0 Å². The van der Waals surface area contributed by atoms with E-state index in [1.54, 1.807) is 0 Å². The second-order valence-electron chi connectivity index (χ2n) is 4.56. The molecule has 2 nitrogen and oxygen atoms in total. The van der Waals surface area contributed by atoms with Gasteiger partial charge in [0.2, 0.25) is 0 Å². The largest absolute Gasteiger partial charge is 0.300 e. The van der Waals surface area contributed by atoms with Crippen LogP contribution in [0.3, 0.4) is 0 Å². The first-order valence-electron chi connectivity index (χ1n) is 5.56. The Kier molecular flexibility index (Phi) is 3.61. The number of Topliss-reactive ketones (excluding diaryl/α,β-unsaturated/α-hetero) is 2. The van der Waals surface area contributed by atoms with Gasteiger partial charge < -0.3 is 0 Å². The third-order valence-corrected chi connectivity index (χ3v) is 3.92. The van der Waals surface area contributed by atoms with Crippen LogP contribution >= 0.6 is 15.9 Å². The van der Waals surface area contributed by atoms with Crippen LogP contribution in [0.1, 0.15) is 18.9 Å². The third-order valence-electron chi connectivity index (χ3n) is 3.18. The number of carbonyl (C=O) groups excluding carboxylic acids is 2. The molecule has 5 heteroatoms. The monoisotopic (exact) mass is 316 g/mol. The zero-order valence-electron chi connectivity index (χ0n) is 9.67. The molecule has 0 bridgehead atoms. The van der Waals surface area contributed by atoms with Crippen molar-refractivity contribution >= 4 is 27.5 Å². The van der Waals surface area contributed by atoms with Gasteiger partial charge in [0.15, 0.2) is 11.6 Å². The molecule has 2 atom stereocenters. The number of ketones is 2. The number of benzene rings is 1. The molecule has 0 unspecified atom stereocenters. The van der Waals surface area contributed by atoms with Gasteiger partial charge in [-0.05, 0) is 31.0 Å². The molecule has 1 aromatic rings. The van der Waals surface area contributed by atoms with Crippen LogP contribution in [0, 0.1) is 23.5 Å². The summed E-state index contributed by atoms with van der Waals surface area (Å²) in [6.45, 7) is 1.46. The van der Waals surface area contributed by atoms with Crippen molar-refractivity contribution in [3.05, 3.63) is 33.8 Å². The van der Waals surface area contributed by atoms with Gasteiger partial charge in [0.25, 0.3) is 0 Å². The fourth-order valence-corrected chi connectivity index (χ4v) is 2.47. The maximum absolute atomic E-state index is 13.1. The van der Waals surface area contributed by atoms with Gasteiger partial charge in [0.1, 0.15) is 11.6 Å². The molecule has 1 aliphatic rings. The normalized spacial score (nSPS) is 21.8. The minimum Gasteiger partial charge on any atom is -0.300 e. The molecule has 0 spiro atoms. The predicted molar refractivity (Wildman–Crippen MR) is 65.0 cm³/mol. The molecule has 0 heterocycles. The molecule has 0 aromatic heterocycles. The summed E-state index contributed by atoms with van der Waals surface area (Å²) in [5.74, 6) is -2.44. The lowest BCUT2D eigenvalue weighted by Crippen LogP contribution is -2.10. The number of hydrogen-bond donors (Lipinski definition) is 0. The zero-order chi connectivity index (χ0) is 13.4. The lowest BCUT2D eigenvalue weighted by molar-refractivity contribution is -0.123. The van der Waals surface area contributed by atoms with Crippen LogP contribution < -0.4 is 0 Å². The Morgan fingerprint density at radius 2 is 1.89 bits per heavy atom. The summed E-state index contributed by atoms with van der Waals surface area (Å²) in [6, 6.07) is 2.02. The molecule has 18 heavy (non-hydrogen) atoms. The lowest BCUT2D eigenvalue weighted by atomic mass is 10.0.